The zero-order valence-electron chi connectivity index (χ0n) is 12.8. The maximum Gasteiger partial charge on any atom is 0.163 e. The molecule has 1 nitrogen and oxygen atoms in total. The van der Waals surface area contributed by atoms with Crippen LogP contribution in [-0.2, 0) is 6.42 Å². The first kappa shape index (κ1) is 14.3. The Kier molecular flexibility index (Phi) is 3.81. The van der Waals surface area contributed by atoms with Gasteiger partial charge in [-0.2, -0.15) is 0 Å². The lowest BCUT2D eigenvalue weighted by Gasteiger charge is -2.32. The average Bonchev–Trinajstić information content (AvgIpc) is 2.68. The fraction of sp³-hybridized carbons (Fsp3) is 0.316. The summed E-state index contributed by atoms with van der Waals surface area (Å²) in [5.41, 5.74) is 2.72. The first-order valence-corrected chi connectivity index (χ1v) is 10.8. The predicted molar refractivity (Wildman–Crippen MR) is 91.0 cm³/mol. The second-order valence-electron chi connectivity index (χ2n) is 6.61. The van der Waals surface area contributed by atoms with Gasteiger partial charge < -0.3 is 0 Å². The molecule has 1 atom stereocenters. The van der Waals surface area contributed by atoms with Crippen molar-refractivity contribution in [3.8, 4) is 0 Å². The van der Waals surface area contributed by atoms with Gasteiger partial charge in [-0.25, -0.2) is 0 Å². The summed E-state index contributed by atoms with van der Waals surface area (Å²) in [7, 11) is -1.61. The minimum atomic E-state index is -1.61. The molecule has 0 bridgehead atoms. The SMILES string of the molecule is C[Si](C)(c1ccccc1)[C@H]1CCc2ccccc2C(=O)C1. The number of benzene rings is 2. The van der Waals surface area contributed by atoms with Crippen molar-refractivity contribution in [3.05, 3.63) is 65.7 Å². The van der Waals surface area contributed by atoms with Crippen molar-refractivity contribution in [2.75, 3.05) is 0 Å². The lowest BCUT2D eigenvalue weighted by molar-refractivity contribution is 0.0981. The third kappa shape index (κ3) is 2.73. The molecule has 0 amide bonds. The molecule has 0 saturated carbocycles. The maximum absolute atomic E-state index is 12.6. The second-order valence-corrected chi connectivity index (χ2v) is 11.4. The summed E-state index contributed by atoms with van der Waals surface area (Å²) in [6.45, 7) is 4.83. The fourth-order valence-electron chi connectivity index (χ4n) is 3.50. The molecule has 21 heavy (non-hydrogen) atoms. The van der Waals surface area contributed by atoms with E-state index >= 15 is 0 Å². The smallest absolute Gasteiger partial charge is 0.163 e. The minimum Gasteiger partial charge on any atom is -0.294 e. The molecule has 108 valence electrons. The number of Topliss-reactive ketones (excluding diaryl/α,β-unsaturated/α-hetero) is 1. The highest BCUT2D eigenvalue weighted by Crippen LogP contribution is 2.35. The van der Waals surface area contributed by atoms with Crippen LogP contribution in [0.15, 0.2) is 54.6 Å². The van der Waals surface area contributed by atoms with Gasteiger partial charge in [0.1, 0.15) is 0 Å². The van der Waals surface area contributed by atoms with Crippen LogP contribution >= 0.6 is 0 Å². The Hall–Kier alpha value is -1.67. The summed E-state index contributed by atoms with van der Waals surface area (Å²) in [5, 5.41) is 1.47. The number of rotatable bonds is 2. The molecule has 0 fully saturated rings. The summed E-state index contributed by atoms with van der Waals surface area (Å²) < 4.78 is 0. The highest BCUT2D eigenvalue weighted by atomic mass is 28.3. The number of carbonyl (C=O) groups excluding carboxylic acids is 1. The first-order chi connectivity index (χ1) is 10.1. The summed E-state index contributed by atoms with van der Waals surface area (Å²) >= 11 is 0. The number of hydrogen-bond donors (Lipinski definition) is 0. The summed E-state index contributed by atoms with van der Waals surface area (Å²) in [6.07, 6.45) is 2.89. The van der Waals surface area contributed by atoms with Gasteiger partial charge in [-0.1, -0.05) is 72.9 Å². The van der Waals surface area contributed by atoms with E-state index in [0.29, 0.717) is 17.7 Å². The monoisotopic (exact) mass is 294 g/mol. The molecule has 0 aliphatic heterocycles. The van der Waals surface area contributed by atoms with Crippen molar-refractivity contribution >= 4 is 19.0 Å². The van der Waals surface area contributed by atoms with E-state index in [9.17, 15) is 4.79 Å². The molecule has 0 saturated heterocycles. The van der Waals surface area contributed by atoms with Crippen LogP contribution in [-0.4, -0.2) is 13.9 Å². The standard InChI is InChI=1S/C19H22OSi/c1-21(2,16-9-4-3-5-10-16)17-13-12-15-8-6-7-11-18(15)19(20)14-17/h3-11,17H,12-14H2,1-2H3/t17-/m0/s1. The Morgan fingerprint density at radius 3 is 2.38 bits per heavy atom. The van der Waals surface area contributed by atoms with E-state index in [0.717, 1.165) is 18.4 Å². The molecule has 0 aromatic heterocycles. The normalized spacial score (nSPS) is 19.0. The average molecular weight is 294 g/mol. The summed E-state index contributed by atoms with van der Waals surface area (Å²) in [6, 6.07) is 19.0. The van der Waals surface area contributed by atoms with E-state index in [1.54, 1.807) is 0 Å². The second kappa shape index (κ2) is 5.61. The Morgan fingerprint density at radius 2 is 1.62 bits per heavy atom. The van der Waals surface area contributed by atoms with Crippen molar-refractivity contribution in [1.29, 1.82) is 0 Å². The number of carbonyl (C=O) groups is 1. The van der Waals surface area contributed by atoms with E-state index in [1.165, 1.54) is 10.8 Å². The van der Waals surface area contributed by atoms with Gasteiger partial charge in [0.05, 0.1) is 8.07 Å². The predicted octanol–water partition coefficient (Wildman–Crippen LogP) is 4.19. The van der Waals surface area contributed by atoms with E-state index < -0.39 is 8.07 Å². The fourth-order valence-corrected chi connectivity index (χ4v) is 6.58. The third-order valence-electron chi connectivity index (χ3n) is 5.05. The molecule has 2 heteroatoms. The zero-order chi connectivity index (χ0) is 14.9. The zero-order valence-corrected chi connectivity index (χ0v) is 13.8. The maximum atomic E-state index is 12.6. The molecule has 3 rings (SSSR count). The van der Waals surface area contributed by atoms with Crippen LogP contribution < -0.4 is 5.19 Å². The van der Waals surface area contributed by atoms with Crippen molar-refractivity contribution in [3.63, 3.8) is 0 Å². The molecule has 0 unspecified atom stereocenters. The highest BCUT2D eigenvalue weighted by Gasteiger charge is 2.36. The molecule has 2 aromatic rings. The lowest BCUT2D eigenvalue weighted by Crippen LogP contribution is -2.46. The number of fused-ring (bicyclic) bond motifs is 1. The number of ketones is 1. The number of hydrogen-bond acceptors (Lipinski definition) is 1. The van der Waals surface area contributed by atoms with Crippen LogP contribution in [0.25, 0.3) is 0 Å². The van der Waals surface area contributed by atoms with Gasteiger partial charge in [0.2, 0.25) is 0 Å². The molecule has 2 aromatic carbocycles. The quantitative estimate of drug-likeness (QED) is 0.599. The van der Waals surface area contributed by atoms with Crippen LogP contribution in [0.4, 0.5) is 0 Å². The molecule has 0 radical (unpaired) electrons. The topological polar surface area (TPSA) is 17.1 Å². The minimum absolute atomic E-state index is 0.338. The summed E-state index contributed by atoms with van der Waals surface area (Å²) in [4.78, 5) is 12.6. The van der Waals surface area contributed by atoms with Crippen molar-refractivity contribution < 1.29 is 4.79 Å². The van der Waals surface area contributed by atoms with Crippen LogP contribution in [0.3, 0.4) is 0 Å². The largest absolute Gasteiger partial charge is 0.294 e. The van der Waals surface area contributed by atoms with Crippen LogP contribution in [0, 0.1) is 0 Å². The molecule has 1 aliphatic rings. The van der Waals surface area contributed by atoms with Gasteiger partial charge in [-0.3, -0.25) is 4.79 Å². The molecule has 0 spiro atoms. The van der Waals surface area contributed by atoms with Crippen molar-refractivity contribution in [1.82, 2.24) is 0 Å². The Morgan fingerprint density at radius 1 is 0.952 bits per heavy atom. The summed E-state index contributed by atoms with van der Waals surface area (Å²) in [5.74, 6) is 0.338. The van der Waals surface area contributed by atoms with Crippen LogP contribution in [0.5, 0.6) is 0 Å². The molecular formula is C19H22OSi. The first-order valence-electron chi connectivity index (χ1n) is 7.75. The van der Waals surface area contributed by atoms with Gasteiger partial charge >= 0.3 is 0 Å². The Bertz CT molecular complexity index is 646. The van der Waals surface area contributed by atoms with Gasteiger partial charge in [-0.05, 0) is 23.9 Å². The third-order valence-corrected chi connectivity index (χ3v) is 9.41. The Labute approximate surface area is 128 Å². The molecule has 1 aliphatic carbocycles. The Balaban J connectivity index is 1.91. The van der Waals surface area contributed by atoms with E-state index in [4.69, 9.17) is 0 Å². The highest BCUT2D eigenvalue weighted by molar-refractivity contribution is 6.91. The van der Waals surface area contributed by atoms with E-state index in [1.807, 2.05) is 18.2 Å². The van der Waals surface area contributed by atoms with Crippen LogP contribution in [0.2, 0.25) is 18.6 Å². The lowest BCUT2D eigenvalue weighted by atomic mass is 10.0. The van der Waals surface area contributed by atoms with E-state index in [2.05, 4.69) is 49.5 Å². The van der Waals surface area contributed by atoms with Crippen molar-refractivity contribution in [2.24, 2.45) is 0 Å². The van der Waals surface area contributed by atoms with Gasteiger partial charge in [0.25, 0.3) is 0 Å². The van der Waals surface area contributed by atoms with Gasteiger partial charge in [0, 0.05) is 12.0 Å². The van der Waals surface area contributed by atoms with Crippen LogP contribution in [0.1, 0.15) is 28.8 Å². The van der Waals surface area contributed by atoms with Crippen molar-refractivity contribution in [2.45, 2.75) is 37.9 Å². The number of aryl methyl sites for hydroxylation is 1. The molecule has 0 heterocycles. The van der Waals surface area contributed by atoms with Gasteiger partial charge in [-0.15, -0.1) is 0 Å². The molecule has 0 N–H and O–H groups in total. The van der Waals surface area contributed by atoms with Gasteiger partial charge in [0.15, 0.2) is 5.78 Å². The van der Waals surface area contributed by atoms with E-state index in [-0.39, 0.29) is 0 Å². The molecular weight excluding hydrogens is 272 g/mol.